The Morgan fingerprint density at radius 1 is 1.21 bits per heavy atom. The summed E-state index contributed by atoms with van der Waals surface area (Å²) >= 11 is 4.78. The molecule has 122 valence electrons. The molecule has 0 bridgehead atoms. The van der Waals surface area contributed by atoms with Crippen molar-refractivity contribution in [3.05, 3.63) is 63.9 Å². The van der Waals surface area contributed by atoms with Crippen LogP contribution in [0.25, 0.3) is 11.3 Å². The third-order valence-corrected chi connectivity index (χ3v) is 4.75. The minimum atomic E-state index is -0.185. The summed E-state index contributed by atoms with van der Waals surface area (Å²) in [6.07, 6.45) is 0. The SMILES string of the molecule is CCOc1ccc(-c2csc(NC(=O)c3ccccc3Br)n2)cc1. The number of anilines is 1. The Kier molecular flexibility index (Phi) is 5.27. The zero-order chi connectivity index (χ0) is 16.9. The van der Waals surface area contributed by atoms with E-state index in [1.807, 2.05) is 54.8 Å². The average Bonchev–Trinajstić information content (AvgIpc) is 3.04. The van der Waals surface area contributed by atoms with E-state index in [1.165, 1.54) is 11.3 Å². The van der Waals surface area contributed by atoms with E-state index in [2.05, 4.69) is 26.2 Å². The van der Waals surface area contributed by atoms with Gasteiger partial charge in [-0.15, -0.1) is 11.3 Å². The number of benzene rings is 2. The van der Waals surface area contributed by atoms with Crippen LogP contribution in [0, 0.1) is 0 Å². The fraction of sp³-hybridized carbons (Fsp3) is 0.111. The molecular formula is C18H15BrN2O2S. The van der Waals surface area contributed by atoms with Crippen LogP contribution in [0.4, 0.5) is 5.13 Å². The number of hydrogen-bond donors (Lipinski definition) is 1. The summed E-state index contributed by atoms with van der Waals surface area (Å²) in [6.45, 7) is 2.59. The van der Waals surface area contributed by atoms with Crippen molar-refractivity contribution in [2.45, 2.75) is 6.92 Å². The van der Waals surface area contributed by atoms with Gasteiger partial charge in [-0.2, -0.15) is 0 Å². The molecule has 0 unspecified atom stereocenters. The van der Waals surface area contributed by atoms with Crippen LogP contribution in [0.5, 0.6) is 5.75 Å². The monoisotopic (exact) mass is 402 g/mol. The fourth-order valence-electron chi connectivity index (χ4n) is 2.16. The zero-order valence-electron chi connectivity index (χ0n) is 13.0. The Bertz CT molecular complexity index is 846. The number of nitrogens with zero attached hydrogens (tertiary/aromatic N) is 1. The van der Waals surface area contributed by atoms with E-state index in [9.17, 15) is 4.79 Å². The molecule has 6 heteroatoms. The minimum Gasteiger partial charge on any atom is -0.494 e. The third kappa shape index (κ3) is 3.83. The van der Waals surface area contributed by atoms with Crippen molar-refractivity contribution in [3.8, 4) is 17.0 Å². The van der Waals surface area contributed by atoms with Gasteiger partial charge in [-0.1, -0.05) is 12.1 Å². The molecule has 0 aliphatic heterocycles. The van der Waals surface area contributed by atoms with Gasteiger partial charge < -0.3 is 4.74 Å². The van der Waals surface area contributed by atoms with Gasteiger partial charge in [-0.25, -0.2) is 4.98 Å². The Labute approximate surface area is 152 Å². The van der Waals surface area contributed by atoms with E-state index in [1.54, 1.807) is 6.07 Å². The fourth-order valence-corrected chi connectivity index (χ4v) is 3.34. The van der Waals surface area contributed by atoms with E-state index in [0.29, 0.717) is 17.3 Å². The number of aromatic nitrogens is 1. The van der Waals surface area contributed by atoms with E-state index in [0.717, 1.165) is 21.5 Å². The van der Waals surface area contributed by atoms with Crippen LogP contribution in [0.2, 0.25) is 0 Å². The van der Waals surface area contributed by atoms with Gasteiger partial charge >= 0.3 is 0 Å². The lowest BCUT2D eigenvalue weighted by molar-refractivity contribution is 0.102. The second kappa shape index (κ2) is 7.59. The molecular weight excluding hydrogens is 388 g/mol. The predicted molar refractivity (Wildman–Crippen MR) is 101 cm³/mol. The summed E-state index contributed by atoms with van der Waals surface area (Å²) in [6, 6.07) is 15.0. The van der Waals surface area contributed by atoms with Gasteiger partial charge in [-0.05, 0) is 59.3 Å². The highest BCUT2D eigenvalue weighted by Crippen LogP contribution is 2.27. The van der Waals surface area contributed by atoms with Crippen molar-refractivity contribution < 1.29 is 9.53 Å². The van der Waals surface area contributed by atoms with Crippen LogP contribution in [-0.4, -0.2) is 17.5 Å². The number of amides is 1. The molecule has 0 saturated carbocycles. The molecule has 24 heavy (non-hydrogen) atoms. The van der Waals surface area contributed by atoms with Gasteiger partial charge in [0.15, 0.2) is 5.13 Å². The number of thiazole rings is 1. The van der Waals surface area contributed by atoms with Crippen molar-refractivity contribution in [3.63, 3.8) is 0 Å². The molecule has 2 aromatic carbocycles. The Morgan fingerprint density at radius 2 is 1.96 bits per heavy atom. The summed E-state index contributed by atoms with van der Waals surface area (Å²) in [5.41, 5.74) is 2.39. The topological polar surface area (TPSA) is 51.2 Å². The highest BCUT2D eigenvalue weighted by atomic mass is 79.9. The van der Waals surface area contributed by atoms with Gasteiger partial charge in [0.05, 0.1) is 17.9 Å². The Balaban J connectivity index is 1.73. The number of rotatable bonds is 5. The second-order valence-corrected chi connectivity index (χ2v) is 6.64. The van der Waals surface area contributed by atoms with Gasteiger partial charge in [0.2, 0.25) is 0 Å². The number of halogens is 1. The van der Waals surface area contributed by atoms with Gasteiger partial charge in [0.1, 0.15) is 5.75 Å². The number of carbonyl (C=O) groups excluding carboxylic acids is 1. The molecule has 0 atom stereocenters. The highest BCUT2D eigenvalue weighted by Gasteiger charge is 2.12. The van der Waals surface area contributed by atoms with Crippen molar-refractivity contribution in [2.75, 3.05) is 11.9 Å². The molecule has 3 aromatic rings. The maximum atomic E-state index is 12.3. The number of nitrogens with one attached hydrogen (secondary N) is 1. The minimum absolute atomic E-state index is 0.185. The summed E-state index contributed by atoms with van der Waals surface area (Å²) in [5, 5.41) is 5.33. The number of ether oxygens (including phenoxy) is 1. The maximum Gasteiger partial charge on any atom is 0.258 e. The predicted octanol–water partition coefficient (Wildman–Crippen LogP) is 5.22. The van der Waals surface area contributed by atoms with Crippen LogP contribution in [0.3, 0.4) is 0 Å². The van der Waals surface area contributed by atoms with Crippen molar-refractivity contribution in [1.82, 2.24) is 4.98 Å². The van der Waals surface area contributed by atoms with Crippen molar-refractivity contribution in [1.29, 1.82) is 0 Å². The number of carbonyl (C=O) groups is 1. The quantitative estimate of drug-likeness (QED) is 0.635. The lowest BCUT2D eigenvalue weighted by atomic mass is 10.2. The molecule has 0 spiro atoms. The molecule has 1 amide bonds. The summed E-state index contributed by atoms with van der Waals surface area (Å²) in [4.78, 5) is 16.8. The zero-order valence-corrected chi connectivity index (χ0v) is 15.4. The largest absolute Gasteiger partial charge is 0.494 e. The maximum absolute atomic E-state index is 12.3. The molecule has 0 radical (unpaired) electrons. The molecule has 1 aromatic heterocycles. The molecule has 0 aliphatic carbocycles. The smallest absolute Gasteiger partial charge is 0.258 e. The summed E-state index contributed by atoms with van der Waals surface area (Å²) < 4.78 is 6.19. The molecule has 0 aliphatic rings. The second-order valence-electron chi connectivity index (χ2n) is 4.93. The molecule has 1 heterocycles. The van der Waals surface area contributed by atoms with Gasteiger partial charge in [0, 0.05) is 15.4 Å². The van der Waals surface area contributed by atoms with Crippen molar-refractivity contribution >= 4 is 38.3 Å². The first-order valence-corrected chi connectivity index (χ1v) is 9.09. The van der Waals surface area contributed by atoms with Crippen LogP contribution in [-0.2, 0) is 0 Å². The first-order valence-electron chi connectivity index (χ1n) is 7.42. The lowest BCUT2D eigenvalue weighted by Gasteiger charge is -2.04. The van der Waals surface area contributed by atoms with E-state index in [4.69, 9.17) is 4.74 Å². The summed E-state index contributed by atoms with van der Waals surface area (Å²) in [7, 11) is 0. The van der Waals surface area contributed by atoms with Crippen LogP contribution in [0.1, 0.15) is 17.3 Å². The first-order chi connectivity index (χ1) is 11.7. The van der Waals surface area contributed by atoms with Crippen LogP contribution in [0.15, 0.2) is 58.4 Å². The van der Waals surface area contributed by atoms with Crippen LogP contribution < -0.4 is 10.1 Å². The van der Waals surface area contributed by atoms with Crippen molar-refractivity contribution in [2.24, 2.45) is 0 Å². The Morgan fingerprint density at radius 3 is 2.67 bits per heavy atom. The summed E-state index contributed by atoms with van der Waals surface area (Å²) in [5.74, 6) is 0.647. The highest BCUT2D eigenvalue weighted by molar-refractivity contribution is 9.10. The van der Waals surface area contributed by atoms with E-state index < -0.39 is 0 Å². The first kappa shape index (κ1) is 16.7. The molecule has 3 rings (SSSR count). The average molecular weight is 403 g/mol. The molecule has 0 fully saturated rings. The number of hydrogen-bond acceptors (Lipinski definition) is 4. The lowest BCUT2D eigenvalue weighted by Crippen LogP contribution is -2.12. The molecule has 4 nitrogen and oxygen atoms in total. The third-order valence-electron chi connectivity index (χ3n) is 3.30. The van der Waals surface area contributed by atoms with Crippen LogP contribution >= 0.6 is 27.3 Å². The Hall–Kier alpha value is -2.18. The van der Waals surface area contributed by atoms with Gasteiger partial charge in [0.25, 0.3) is 5.91 Å². The van der Waals surface area contributed by atoms with E-state index in [-0.39, 0.29) is 5.91 Å². The molecule has 0 saturated heterocycles. The van der Waals surface area contributed by atoms with E-state index >= 15 is 0 Å². The normalized spacial score (nSPS) is 10.4. The molecule has 1 N–H and O–H groups in total. The standard InChI is InChI=1S/C18H15BrN2O2S/c1-2-23-13-9-7-12(8-10-13)16-11-24-18(20-16)21-17(22)14-5-3-4-6-15(14)19/h3-11H,2H2,1H3,(H,20,21,22). The van der Waals surface area contributed by atoms with Gasteiger partial charge in [-0.3, -0.25) is 10.1 Å².